The second-order valence-electron chi connectivity index (χ2n) is 11.1. The first-order valence-electron chi connectivity index (χ1n) is 15.3. The third-order valence-corrected chi connectivity index (χ3v) is 7.86. The number of carbonyl (C=O) groups excluding carboxylic acids is 3. The summed E-state index contributed by atoms with van der Waals surface area (Å²) in [6, 6.07) is 32.4. The molecule has 4 aromatic rings. The molecule has 0 aliphatic carbocycles. The van der Waals surface area contributed by atoms with E-state index in [0.29, 0.717) is 23.9 Å². The van der Waals surface area contributed by atoms with Crippen LogP contribution in [0.1, 0.15) is 35.6 Å². The van der Waals surface area contributed by atoms with Crippen molar-refractivity contribution in [1.29, 1.82) is 0 Å². The van der Waals surface area contributed by atoms with Gasteiger partial charge in [0.1, 0.15) is 25.0 Å². The Balaban J connectivity index is 1.34. The fourth-order valence-corrected chi connectivity index (χ4v) is 4.83. The van der Waals surface area contributed by atoms with Gasteiger partial charge in [-0.1, -0.05) is 96.5 Å². The van der Waals surface area contributed by atoms with E-state index in [1.54, 1.807) is 6.92 Å². The van der Waals surface area contributed by atoms with E-state index in [1.807, 2.05) is 121 Å². The molecule has 8 nitrogen and oxygen atoms in total. The number of carbonyl (C=O) groups is 3. The predicted molar refractivity (Wildman–Crippen MR) is 179 cm³/mol. The maximum Gasteiger partial charge on any atom is 0.408 e. The third-order valence-electron chi connectivity index (χ3n) is 7.61. The first-order chi connectivity index (χ1) is 22.3. The minimum Gasteiger partial charge on any atom is -0.489 e. The van der Waals surface area contributed by atoms with E-state index in [0.717, 1.165) is 35.1 Å². The molecule has 0 aliphatic rings. The minimum atomic E-state index is -1.05. The second kappa shape index (κ2) is 17.7. The standard InChI is InChI=1S/C37H40ClN3O5/c1-27(41(2)23-9-14-28-15-19-32(38)20-16-28)35(42)40-36(43)34(39-37(44)46-26-31-12-7-4-8-13-31)24-29-17-21-33(22-18-29)45-25-30-10-5-3-6-11-30/h3-8,10-13,15-22,27,34H,9,14,23-26H2,1-2H3,(H,39,44)(H,40,42,43)/t27-,34+/m1/s1. The number of benzene rings is 4. The molecular weight excluding hydrogens is 602 g/mol. The molecule has 0 unspecified atom stereocenters. The van der Waals surface area contributed by atoms with Crippen LogP contribution in [0.4, 0.5) is 4.79 Å². The maximum absolute atomic E-state index is 13.4. The Morgan fingerprint density at radius 1 is 0.739 bits per heavy atom. The Kier molecular flexibility index (Phi) is 13.2. The molecule has 46 heavy (non-hydrogen) atoms. The molecule has 0 bridgehead atoms. The fraction of sp³-hybridized carbons (Fsp3) is 0.270. The average molecular weight is 642 g/mol. The lowest BCUT2D eigenvalue weighted by molar-refractivity contribution is -0.134. The van der Waals surface area contributed by atoms with Gasteiger partial charge in [-0.15, -0.1) is 0 Å². The van der Waals surface area contributed by atoms with Gasteiger partial charge >= 0.3 is 6.09 Å². The molecule has 0 spiro atoms. The number of imide groups is 1. The zero-order valence-electron chi connectivity index (χ0n) is 26.2. The van der Waals surface area contributed by atoms with E-state index in [4.69, 9.17) is 21.1 Å². The normalized spacial score (nSPS) is 12.2. The summed E-state index contributed by atoms with van der Waals surface area (Å²) in [5, 5.41) is 5.83. The summed E-state index contributed by atoms with van der Waals surface area (Å²) in [4.78, 5) is 41.1. The smallest absolute Gasteiger partial charge is 0.408 e. The number of aryl methyl sites for hydroxylation is 1. The Labute approximate surface area is 275 Å². The maximum atomic E-state index is 13.4. The number of nitrogens with zero attached hydrogens (tertiary/aromatic N) is 1. The molecule has 0 aromatic heterocycles. The van der Waals surface area contributed by atoms with Crippen molar-refractivity contribution < 1.29 is 23.9 Å². The van der Waals surface area contributed by atoms with Gasteiger partial charge in [-0.25, -0.2) is 4.79 Å². The third kappa shape index (κ3) is 11.4. The van der Waals surface area contributed by atoms with Crippen LogP contribution in [0.5, 0.6) is 5.75 Å². The number of amides is 3. The second-order valence-corrected chi connectivity index (χ2v) is 11.6. The first-order valence-corrected chi connectivity index (χ1v) is 15.7. The summed E-state index contributed by atoms with van der Waals surface area (Å²) in [6.45, 7) is 2.87. The fourth-order valence-electron chi connectivity index (χ4n) is 4.71. The molecule has 3 amide bonds. The predicted octanol–water partition coefficient (Wildman–Crippen LogP) is 6.35. The summed E-state index contributed by atoms with van der Waals surface area (Å²) in [5.41, 5.74) is 3.80. The molecule has 240 valence electrons. The minimum absolute atomic E-state index is 0.0469. The SMILES string of the molecule is C[C@H](C(=O)NC(=O)[C@H](Cc1ccc(OCc2ccccc2)cc1)NC(=O)OCc1ccccc1)N(C)CCCc1ccc(Cl)cc1. The zero-order chi connectivity index (χ0) is 32.7. The Morgan fingerprint density at radius 3 is 1.96 bits per heavy atom. The molecule has 0 aliphatic heterocycles. The summed E-state index contributed by atoms with van der Waals surface area (Å²) >= 11 is 5.97. The van der Waals surface area contributed by atoms with Crippen molar-refractivity contribution in [2.75, 3.05) is 13.6 Å². The van der Waals surface area contributed by atoms with Crippen LogP contribution in [-0.4, -0.2) is 48.5 Å². The zero-order valence-corrected chi connectivity index (χ0v) is 26.9. The average Bonchev–Trinajstić information content (AvgIpc) is 3.08. The number of alkyl carbamates (subject to hydrolysis) is 1. The summed E-state index contributed by atoms with van der Waals surface area (Å²) in [5.74, 6) is -0.396. The van der Waals surface area contributed by atoms with Gasteiger partial charge in [-0.2, -0.15) is 0 Å². The molecule has 4 aromatic carbocycles. The van der Waals surface area contributed by atoms with Crippen LogP contribution in [0.2, 0.25) is 5.02 Å². The quantitative estimate of drug-likeness (QED) is 0.157. The molecule has 9 heteroatoms. The highest BCUT2D eigenvalue weighted by molar-refractivity contribution is 6.30. The van der Waals surface area contributed by atoms with Crippen LogP contribution >= 0.6 is 11.6 Å². The van der Waals surface area contributed by atoms with Crippen molar-refractivity contribution in [2.24, 2.45) is 0 Å². The van der Waals surface area contributed by atoms with E-state index < -0.39 is 30.0 Å². The molecule has 2 atom stereocenters. The van der Waals surface area contributed by atoms with E-state index in [2.05, 4.69) is 10.6 Å². The molecule has 4 rings (SSSR count). The van der Waals surface area contributed by atoms with Gasteiger partial charge in [0.15, 0.2) is 0 Å². The topological polar surface area (TPSA) is 97.0 Å². The van der Waals surface area contributed by atoms with Gasteiger partial charge in [0.25, 0.3) is 0 Å². The van der Waals surface area contributed by atoms with Crippen molar-refractivity contribution in [3.05, 3.63) is 136 Å². The highest BCUT2D eigenvalue weighted by Crippen LogP contribution is 2.16. The van der Waals surface area contributed by atoms with Crippen molar-refractivity contribution in [3.63, 3.8) is 0 Å². The first kappa shape index (κ1) is 34.2. The lowest BCUT2D eigenvalue weighted by atomic mass is 10.0. The highest BCUT2D eigenvalue weighted by Gasteiger charge is 2.27. The van der Waals surface area contributed by atoms with Crippen LogP contribution in [0, 0.1) is 0 Å². The Hall–Kier alpha value is -4.66. The molecular formula is C37H40ClN3O5. The largest absolute Gasteiger partial charge is 0.489 e. The number of likely N-dealkylation sites (N-methyl/N-ethyl adjacent to an activating group) is 1. The summed E-state index contributed by atoms with van der Waals surface area (Å²) < 4.78 is 11.2. The lowest BCUT2D eigenvalue weighted by Gasteiger charge is -2.25. The highest BCUT2D eigenvalue weighted by atomic mass is 35.5. The number of rotatable bonds is 15. The molecule has 2 N–H and O–H groups in total. The van der Waals surface area contributed by atoms with E-state index in [1.165, 1.54) is 0 Å². The van der Waals surface area contributed by atoms with Crippen molar-refractivity contribution >= 4 is 29.5 Å². The number of halogens is 1. The van der Waals surface area contributed by atoms with Crippen LogP contribution < -0.4 is 15.4 Å². The van der Waals surface area contributed by atoms with E-state index in [9.17, 15) is 14.4 Å². The molecule has 0 saturated heterocycles. The number of nitrogens with one attached hydrogen (secondary N) is 2. The van der Waals surface area contributed by atoms with Crippen LogP contribution in [0.15, 0.2) is 109 Å². The van der Waals surface area contributed by atoms with Crippen molar-refractivity contribution in [2.45, 2.75) is 51.5 Å². The van der Waals surface area contributed by atoms with Crippen LogP contribution in [-0.2, 0) is 40.4 Å². The van der Waals surface area contributed by atoms with Crippen LogP contribution in [0.25, 0.3) is 0 Å². The van der Waals surface area contributed by atoms with Crippen molar-refractivity contribution in [3.8, 4) is 5.75 Å². The van der Waals surface area contributed by atoms with Crippen LogP contribution in [0.3, 0.4) is 0 Å². The lowest BCUT2D eigenvalue weighted by Crippen LogP contribution is -2.53. The summed E-state index contributed by atoms with van der Waals surface area (Å²) in [6.07, 6.45) is 1.05. The monoisotopic (exact) mass is 641 g/mol. The summed E-state index contributed by atoms with van der Waals surface area (Å²) in [7, 11) is 1.84. The van der Waals surface area contributed by atoms with Gasteiger partial charge in [-0.05, 0) is 79.9 Å². The van der Waals surface area contributed by atoms with E-state index >= 15 is 0 Å². The van der Waals surface area contributed by atoms with Gasteiger partial charge < -0.3 is 14.8 Å². The van der Waals surface area contributed by atoms with Crippen molar-refractivity contribution in [1.82, 2.24) is 15.5 Å². The molecule has 0 heterocycles. The van der Waals surface area contributed by atoms with Gasteiger partial charge in [0.2, 0.25) is 11.8 Å². The Bertz CT molecular complexity index is 1530. The van der Waals surface area contributed by atoms with Gasteiger partial charge in [-0.3, -0.25) is 19.8 Å². The van der Waals surface area contributed by atoms with Gasteiger partial charge in [0.05, 0.1) is 6.04 Å². The van der Waals surface area contributed by atoms with Gasteiger partial charge in [0, 0.05) is 11.4 Å². The number of ether oxygens (including phenoxy) is 2. The number of hydrogen-bond acceptors (Lipinski definition) is 6. The molecule has 0 fully saturated rings. The van der Waals surface area contributed by atoms with E-state index in [-0.39, 0.29) is 13.0 Å². The number of hydrogen-bond donors (Lipinski definition) is 2. The molecule has 0 saturated carbocycles. The Morgan fingerprint density at radius 2 is 1.33 bits per heavy atom. The molecule has 0 radical (unpaired) electrons.